The maximum absolute atomic E-state index is 5.61. The van der Waals surface area contributed by atoms with E-state index in [1.54, 1.807) is 0 Å². The minimum atomic E-state index is 0.753. The van der Waals surface area contributed by atoms with Gasteiger partial charge in [-0.2, -0.15) is 0 Å². The molecule has 0 aromatic heterocycles. The van der Waals surface area contributed by atoms with Gasteiger partial charge < -0.3 is 15.0 Å². The summed E-state index contributed by atoms with van der Waals surface area (Å²) >= 11 is 0. The second kappa shape index (κ2) is 8.23. The van der Waals surface area contributed by atoms with Crippen LogP contribution < -0.4 is 5.32 Å². The first kappa shape index (κ1) is 15.3. The highest BCUT2D eigenvalue weighted by atomic mass is 16.5. The molecule has 1 saturated heterocycles. The van der Waals surface area contributed by atoms with E-state index in [0.717, 1.165) is 31.2 Å². The highest BCUT2D eigenvalue weighted by Crippen LogP contribution is 2.24. The van der Waals surface area contributed by atoms with Crippen LogP contribution in [0.4, 0.5) is 0 Å². The molecular weight excluding hydrogens is 236 g/mol. The van der Waals surface area contributed by atoms with Crippen molar-refractivity contribution in [2.24, 2.45) is 5.92 Å². The van der Waals surface area contributed by atoms with Crippen LogP contribution in [0, 0.1) is 5.92 Å². The standard InChI is InChI=1S/C16H32N2O/c1-3-9-17-15-7-4-8-16(11-15)18(2)12-14-6-5-10-19-13-14/h14-17H,3-13H2,1-2H3. The molecule has 2 aliphatic rings. The van der Waals surface area contributed by atoms with Crippen LogP contribution in [-0.4, -0.2) is 50.3 Å². The summed E-state index contributed by atoms with van der Waals surface area (Å²) in [5, 5.41) is 3.71. The number of ether oxygens (including phenoxy) is 1. The van der Waals surface area contributed by atoms with Crippen LogP contribution in [0.5, 0.6) is 0 Å². The second-order valence-electron chi connectivity index (χ2n) is 6.49. The first-order chi connectivity index (χ1) is 9.29. The lowest BCUT2D eigenvalue weighted by Gasteiger charge is -2.38. The SMILES string of the molecule is CCCNC1CCCC(N(C)CC2CCCOC2)C1. The molecule has 0 aromatic rings. The topological polar surface area (TPSA) is 24.5 Å². The van der Waals surface area contributed by atoms with E-state index in [1.807, 2.05) is 0 Å². The molecule has 3 nitrogen and oxygen atoms in total. The molecule has 1 saturated carbocycles. The van der Waals surface area contributed by atoms with Crippen LogP contribution in [0.2, 0.25) is 0 Å². The summed E-state index contributed by atoms with van der Waals surface area (Å²) in [5.41, 5.74) is 0. The molecule has 0 amide bonds. The van der Waals surface area contributed by atoms with E-state index in [9.17, 15) is 0 Å². The van der Waals surface area contributed by atoms with Crippen molar-refractivity contribution in [3.63, 3.8) is 0 Å². The maximum atomic E-state index is 5.61. The molecule has 1 N–H and O–H groups in total. The number of hydrogen-bond donors (Lipinski definition) is 1. The van der Waals surface area contributed by atoms with Crippen molar-refractivity contribution in [3.8, 4) is 0 Å². The summed E-state index contributed by atoms with van der Waals surface area (Å²) in [5.74, 6) is 0.766. The zero-order chi connectivity index (χ0) is 13.5. The highest BCUT2D eigenvalue weighted by Gasteiger charge is 2.26. The van der Waals surface area contributed by atoms with Gasteiger partial charge >= 0.3 is 0 Å². The minimum Gasteiger partial charge on any atom is -0.381 e. The van der Waals surface area contributed by atoms with Crippen LogP contribution >= 0.6 is 0 Å². The smallest absolute Gasteiger partial charge is 0.0506 e. The number of rotatable bonds is 6. The molecule has 1 heterocycles. The van der Waals surface area contributed by atoms with Crippen LogP contribution in [-0.2, 0) is 4.74 Å². The molecule has 3 heteroatoms. The number of hydrogen-bond acceptors (Lipinski definition) is 3. The maximum Gasteiger partial charge on any atom is 0.0506 e. The monoisotopic (exact) mass is 268 g/mol. The summed E-state index contributed by atoms with van der Waals surface area (Å²) in [6.45, 7) is 6.62. The molecule has 3 unspecified atom stereocenters. The lowest BCUT2D eigenvalue weighted by Crippen LogP contribution is -2.45. The van der Waals surface area contributed by atoms with Crippen molar-refractivity contribution in [3.05, 3.63) is 0 Å². The Kier molecular flexibility index (Phi) is 6.62. The summed E-state index contributed by atoms with van der Waals surface area (Å²) < 4.78 is 5.61. The average molecular weight is 268 g/mol. The summed E-state index contributed by atoms with van der Waals surface area (Å²) in [6, 6.07) is 1.54. The van der Waals surface area contributed by atoms with Crippen molar-refractivity contribution in [1.82, 2.24) is 10.2 Å². The van der Waals surface area contributed by atoms with Crippen molar-refractivity contribution in [2.75, 3.05) is 33.4 Å². The Labute approximate surface area is 119 Å². The van der Waals surface area contributed by atoms with Crippen molar-refractivity contribution in [1.29, 1.82) is 0 Å². The highest BCUT2D eigenvalue weighted by molar-refractivity contribution is 4.83. The van der Waals surface area contributed by atoms with Gasteiger partial charge in [0.05, 0.1) is 6.61 Å². The Bertz CT molecular complexity index is 241. The molecular formula is C16H32N2O. The van der Waals surface area contributed by atoms with Gasteiger partial charge in [0.15, 0.2) is 0 Å². The lowest BCUT2D eigenvalue weighted by molar-refractivity contribution is 0.0318. The lowest BCUT2D eigenvalue weighted by atomic mass is 9.89. The van der Waals surface area contributed by atoms with Crippen molar-refractivity contribution >= 4 is 0 Å². The van der Waals surface area contributed by atoms with E-state index >= 15 is 0 Å². The van der Waals surface area contributed by atoms with E-state index in [1.165, 1.54) is 58.0 Å². The number of nitrogens with zero attached hydrogens (tertiary/aromatic N) is 1. The Balaban J connectivity index is 1.72. The second-order valence-corrected chi connectivity index (χ2v) is 6.49. The Morgan fingerprint density at radius 3 is 2.84 bits per heavy atom. The van der Waals surface area contributed by atoms with Crippen LogP contribution in [0.3, 0.4) is 0 Å². The molecule has 112 valence electrons. The van der Waals surface area contributed by atoms with Crippen LogP contribution in [0.25, 0.3) is 0 Å². The Morgan fingerprint density at radius 1 is 1.21 bits per heavy atom. The van der Waals surface area contributed by atoms with Gasteiger partial charge in [-0.1, -0.05) is 13.3 Å². The van der Waals surface area contributed by atoms with E-state index in [0.29, 0.717) is 0 Å². The molecule has 0 spiro atoms. The number of nitrogens with one attached hydrogen (secondary N) is 1. The third kappa shape index (κ3) is 5.05. The van der Waals surface area contributed by atoms with E-state index in [-0.39, 0.29) is 0 Å². The largest absolute Gasteiger partial charge is 0.381 e. The van der Waals surface area contributed by atoms with E-state index in [2.05, 4.69) is 24.2 Å². The molecule has 0 bridgehead atoms. The fourth-order valence-corrected chi connectivity index (χ4v) is 3.61. The van der Waals surface area contributed by atoms with Gasteiger partial charge in [0, 0.05) is 25.2 Å². The summed E-state index contributed by atoms with van der Waals surface area (Å²) in [7, 11) is 2.32. The van der Waals surface area contributed by atoms with Crippen LogP contribution in [0.15, 0.2) is 0 Å². The van der Waals surface area contributed by atoms with Crippen molar-refractivity contribution < 1.29 is 4.74 Å². The zero-order valence-corrected chi connectivity index (χ0v) is 12.9. The molecule has 0 aromatic carbocycles. The molecule has 2 fully saturated rings. The van der Waals surface area contributed by atoms with E-state index in [4.69, 9.17) is 4.74 Å². The Hall–Kier alpha value is -0.120. The molecule has 0 radical (unpaired) electrons. The average Bonchev–Trinajstić information content (AvgIpc) is 2.46. The first-order valence-electron chi connectivity index (χ1n) is 8.31. The quantitative estimate of drug-likeness (QED) is 0.801. The van der Waals surface area contributed by atoms with Crippen molar-refractivity contribution in [2.45, 2.75) is 64.0 Å². The predicted molar refractivity (Wildman–Crippen MR) is 80.5 cm³/mol. The normalized spacial score (nSPS) is 32.7. The molecule has 2 rings (SSSR count). The first-order valence-corrected chi connectivity index (χ1v) is 8.31. The molecule has 1 aliphatic carbocycles. The third-order valence-electron chi connectivity index (χ3n) is 4.75. The van der Waals surface area contributed by atoms with Gasteiger partial charge in [-0.3, -0.25) is 0 Å². The van der Waals surface area contributed by atoms with Gasteiger partial charge in [0.1, 0.15) is 0 Å². The molecule has 19 heavy (non-hydrogen) atoms. The summed E-state index contributed by atoms with van der Waals surface area (Å²) in [4.78, 5) is 2.61. The molecule has 1 aliphatic heterocycles. The van der Waals surface area contributed by atoms with Gasteiger partial charge in [-0.25, -0.2) is 0 Å². The minimum absolute atomic E-state index is 0.753. The molecule has 3 atom stereocenters. The van der Waals surface area contributed by atoms with Gasteiger partial charge in [-0.05, 0) is 58.0 Å². The fourth-order valence-electron chi connectivity index (χ4n) is 3.61. The summed E-state index contributed by atoms with van der Waals surface area (Å²) in [6.07, 6.45) is 9.34. The van der Waals surface area contributed by atoms with Gasteiger partial charge in [-0.15, -0.1) is 0 Å². The predicted octanol–water partition coefficient (Wildman–Crippen LogP) is 2.66. The van der Waals surface area contributed by atoms with Gasteiger partial charge in [0.2, 0.25) is 0 Å². The van der Waals surface area contributed by atoms with Crippen LogP contribution in [0.1, 0.15) is 51.9 Å². The Morgan fingerprint density at radius 2 is 2.11 bits per heavy atom. The zero-order valence-electron chi connectivity index (χ0n) is 12.9. The van der Waals surface area contributed by atoms with E-state index < -0.39 is 0 Å². The fraction of sp³-hybridized carbons (Fsp3) is 1.00. The van der Waals surface area contributed by atoms with Gasteiger partial charge in [0.25, 0.3) is 0 Å². The third-order valence-corrected chi connectivity index (χ3v) is 4.75.